The number of hydrogen-bond acceptors (Lipinski definition) is 7. The van der Waals surface area contributed by atoms with Crippen LogP contribution in [0.5, 0.6) is 0 Å². The molecule has 2 aliphatic rings. The summed E-state index contributed by atoms with van der Waals surface area (Å²) in [6.07, 6.45) is 8.19. The maximum absolute atomic E-state index is 13.2. The molecule has 2 aliphatic heterocycles. The fourth-order valence-electron chi connectivity index (χ4n) is 4.61. The first-order valence-electron chi connectivity index (χ1n) is 12.2. The number of carboxylic acids is 1. The maximum Gasteiger partial charge on any atom is 0.303 e. The van der Waals surface area contributed by atoms with Gasteiger partial charge in [0.25, 0.3) is 11.5 Å². The van der Waals surface area contributed by atoms with Crippen LogP contribution in [0, 0.1) is 18.3 Å². The Hall–Kier alpha value is -2.64. The number of nitriles is 1. The van der Waals surface area contributed by atoms with Gasteiger partial charge in [0.15, 0.2) is 0 Å². The van der Waals surface area contributed by atoms with Crippen molar-refractivity contribution in [3.05, 3.63) is 31.9 Å². The van der Waals surface area contributed by atoms with Gasteiger partial charge in [-0.1, -0.05) is 43.2 Å². The summed E-state index contributed by atoms with van der Waals surface area (Å²) in [5.74, 6) is -0.235. The number of carbonyl (C=O) groups is 2. The molecule has 1 aromatic rings. The highest BCUT2D eigenvalue weighted by atomic mass is 32.2. The van der Waals surface area contributed by atoms with Crippen molar-refractivity contribution in [3.63, 3.8) is 0 Å². The molecule has 35 heavy (non-hydrogen) atoms. The molecule has 1 aromatic heterocycles. The van der Waals surface area contributed by atoms with E-state index < -0.39 is 5.97 Å². The predicted molar refractivity (Wildman–Crippen MR) is 142 cm³/mol. The Balaban J connectivity index is 1.97. The molecule has 0 saturated carbocycles. The van der Waals surface area contributed by atoms with E-state index in [0.29, 0.717) is 47.1 Å². The van der Waals surface area contributed by atoms with Crippen LogP contribution in [-0.4, -0.2) is 50.4 Å². The van der Waals surface area contributed by atoms with Crippen molar-refractivity contribution in [1.82, 2.24) is 9.47 Å². The van der Waals surface area contributed by atoms with E-state index in [4.69, 9.17) is 17.3 Å². The second-order valence-corrected chi connectivity index (χ2v) is 10.5. The molecule has 0 aromatic carbocycles. The lowest BCUT2D eigenvalue weighted by Crippen LogP contribution is -2.35. The van der Waals surface area contributed by atoms with E-state index in [0.717, 1.165) is 50.2 Å². The average molecular weight is 517 g/mol. The highest BCUT2D eigenvalue weighted by Gasteiger charge is 2.33. The van der Waals surface area contributed by atoms with Crippen LogP contribution in [0.25, 0.3) is 6.08 Å². The number of unbranched alkanes of at least 4 members (excludes halogenated alkanes) is 2. The number of carbonyl (C=O) groups excluding carboxylic acids is 1. The van der Waals surface area contributed by atoms with Crippen molar-refractivity contribution in [2.75, 3.05) is 24.5 Å². The molecule has 3 rings (SSSR count). The van der Waals surface area contributed by atoms with Gasteiger partial charge in [-0.3, -0.25) is 23.9 Å². The number of nitrogens with zero attached hydrogens (tertiary/aromatic N) is 4. The largest absolute Gasteiger partial charge is 0.481 e. The van der Waals surface area contributed by atoms with Gasteiger partial charge in [-0.2, -0.15) is 5.26 Å². The van der Waals surface area contributed by atoms with Gasteiger partial charge in [-0.25, -0.2) is 0 Å². The molecular weight excluding hydrogens is 484 g/mol. The fourth-order valence-corrected chi connectivity index (χ4v) is 5.90. The van der Waals surface area contributed by atoms with Crippen LogP contribution in [0.15, 0.2) is 9.70 Å². The summed E-state index contributed by atoms with van der Waals surface area (Å²) in [4.78, 5) is 41.3. The minimum atomic E-state index is -0.820. The summed E-state index contributed by atoms with van der Waals surface area (Å²) in [6, 6.07) is 2.07. The fraction of sp³-hybridized carbons (Fsp3) is 0.560. The molecule has 3 heterocycles. The van der Waals surface area contributed by atoms with Crippen LogP contribution in [0.1, 0.15) is 75.0 Å². The van der Waals surface area contributed by atoms with Crippen LogP contribution in [0.3, 0.4) is 0 Å². The second kappa shape index (κ2) is 12.4. The van der Waals surface area contributed by atoms with Crippen molar-refractivity contribution in [1.29, 1.82) is 5.26 Å². The van der Waals surface area contributed by atoms with E-state index in [1.807, 2.05) is 6.92 Å². The van der Waals surface area contributed by atoms with E-state index in [-0.39, 0.29) is 23.5 Å². The SMILES string of the molecule is CCn1c(N2CCCCCC2)c(/C=C2\SC(=S)N(CCCCCC(=O)O)C2=O)c(C)c(C#N)c1=O. The molecule has 2 saturated heterocycles. The zero-order chi connectivity index (χ0) is 25.5. The molecule has 0 atom stereocenters. The summed E-state index contributed by atoms with van der Waals surface area (Å²) in [5.41, 5.74) is 1.12. The van der Waals surface area contributed by atoms with Crippen molar-refractivity contribution >= 4 is 52.1 Å². The molecular formula is C25H32N4O4S2. The number of pyridine rings is 1. The Morgan fingerprint density at radius 3 is 2.46 bits per heavy atom. The van der Waals surface area contributed by atoms with Crippen LogP contribution < -0.4 is 10.5 Å². The minimum absolute atomic E-state index is 0.102. The Bertz CT molecular complexity index is 1130. The number of anilines is 1. The minimum Gasteiger partial charge on any atom is -0.481 e. The quantitative estimate of drug-likeness (QED) is 0.295. The average Bonchev–Trinajstić information content (AvgIpc) is 3.00. The van der Waals surface area contributed by atoms with Crippen LogP contribution in [-0.2, 0) is 16.1 Å². The molecule has 0 bridgehead atoms. The Kier molecular flexibility index (Phi) is 9.52. The number of thiocarbonyl (C=S) groups is 1. The zero-order valence-electron chi connectivity index (χ0n) is 20.3. The molecule has 10 heteroatoms. The molecule has 0 unspecified atom stereocenters. The highest BCUT2D eigenvalue weighted by Crippen LogP contribution is 2.36. The first-order chi connectivity index (χ1) is 16.8. The third kappa shape index (κ3) is 6.14. The van der Waals surface area contributed by atoms with Crippen LogP contribution in [0.4, 0.5) is 5.82 Å². The topological polar surface area (TPSA) is 107 Å². The number of amides is 1. The Morgan fingerprint density at radius 1 is 1.17 bits per heavy atom. The number of hydrogen-bond donors (Lipinski definition) is 1. The first kappa shape index (κ1) is 27.0. The van der Waals surface area contributed by atoms with Gasteiger partial charge in [0.2, 0.25) is 0 Å². The first-order valence-corrected chi connectivity index (χ1v) is 13.4. The third-order valence-corrected chi connectivity index (χ3v) is 7.87. The molecule has 8 nitrogen and oxygen atoms in total. The zero-order valence-corrected chi connectivity index (χ0v) is 22.0. The molecule has 1 amide bonds. The van der Waals surface area contributed by atoms with Crippen molar-refractivity contribution in [2.45, 2.75) is 71.8 Å². The van der Waals surface area contributed by atoms with Gasteiger partial charge < -0.3 is 10.0 Å². The lowest BCUT2D eigenvalue weighted by molar-refractivity contribution is -0.137. The lowest BCUT2D eigenvalue weighted by Gasteiger charge is -2.29. The van der Waals surface area contributed by atoms with Gasteiger partial charge in [-0.15, -0.1) is 0 Å². The summed E-state index contributed by atoms with van der Waals surface area (Å²) >= 11 is 6.70. The van der Waals surface area contributed by atoms with Crippen LogP contribution in [0.2, 0.25) is 0 Å². The van der Waals surface area contributed by atoms with Crippen LogP contribution >= 0.6 is 24.0 Å². The monoisotopic (exact) mass is 516 g/mol. The van der Waals surface area contributed by atoms with E-state index in [2.05, 4.69) is 11.0 Å². The van der Waals surface area contributed by atoms with Crippen molar-refractivity contribution < 1.29 is 14.7 Å². The molecule has 1 N–H and O–H groups in total. The van der Waals surface area contributed by atoms with Crippen molar-refractivity contribution in [3.8, 4) is 6.07 Å². The molecule has 0 aliphatic carbocycles. The van der Waals surface area contributed by atoms with E-state index in [1.54, 1.807) is 22.5 Å². The van der Waals surface area contributed by atoms with Gasteiger partial charge in [0, 0.05) is 38.2 Å². The molecule has 0 radical (unpaired) electrons. The number of aliphatic carboxylic acids is 1. The smallest absolute Gasteiger partial charge is 0.303 e. The third-order valence-electron chi connectivity index (χ3n) is 6.49. The standard InChI is InChI=1S/C25H32N4O4S2/c1-3-28-22(27-12-8-4-5-9-13-27)18(17(2)19(16-26)23(28)32)15-20-24(33)29(25(34)35-20)14-10-6-7-11-21(30)31/h15H,3-14H2,1-2H3,(H,30,31)/b20-15-. The van der Waals surface area contributed by atoms with E-state index in [1.165, 1.54) is 11.8 Å². The lowest BCUT2D eigenvalue weighted by atomic mass is 10.0. The summed E-state index contributed by atoms with van der Waals surface area (Å²) in [5, 5.41) is 18.5. The second-order valence-electron chi connectivity index (χ2n) is 8.84. The van der Waals surface area contributed by atoms with E-state index in [9.17, 15) is 19.6 Å². The number of aromatic nitrogens is 1. The highest BCUT2D eigenvalue weighted by molar-refractivity contribution is 8.26. The number of thioether (sulfide) groups is 1. The van der Waals surface area contributed by atoms with Crippen molar-refractivity contribution in [2.24, 2.45) is 0 Å². The normalized spacial score (nSPS) is 17.7. The maximum atomic E-state index is 13.2. The summed E-state index contributed by atoms with van der Waals surface area (Å²) in [6.45, 7) is 6.18. The Morgan fingerprint density at radius 2 is 1.86 bits per heavy atom. The number of carboxylic acid groups (broad SMARTS) is 1. The van der Waals surface area contributed by atoms with Gasteiger partial charge >= 0.3 is 5.97 Å². The number of rotatable bonds is 9. The molecule has 188 valence electrons. The molecule has 0 spiro atoms. The van der Waals surface area contributed by atoms with Gasteiger partial charge in [0.05, 0.1) is 4.91 Å². The molecule has 2 fully saturated rings. The van der Waals surface area contributed by atoms with E-state index >= 15 is 0 Å². The summed E-state index contributed by atoms with van der Waals surface area (Å²) in [7, 11) is 0. The van der Waals surface area contributed by atoms with Gasteiger partial charge in [0.1, 0.15) is 21.8 Å². The predicted octanol–water partition coefficient (Wildman–Crippen LogP) is 4.27. The Labute approximate surface area is 215 Å². The van der Waals surface area contributed by atoms with Gasteiger partial charge in [-0.05, 0) is 51.2 Å². The summed E-state index contributed by atoms with van der Waals surface area (Å²) < 4.78 is 2.13.